The predicted octanol–water partition coefficient (Wildman–Crippen LogP) is 2.79. The maximum absolute atomic E-state index is 13.2. The molecule has 0 unspecified atom stereocenters. The normalized spacial score (nSPS) is 12.4. The minimum absolute atomic E-state index is 0.0945. The summed E-state index contributed by atoms with van der Waals surface area (Å²) in [4.78, 5) is 4.18. The summed E-state index contributed by atoms with van der Waals surface area (Å²) in [6.45, 7) is 2.50. The Morgan fingerprint density at radius 3 is 2.95 bits per heavy atom. The van der Waals surface area contributed by atoms with Gasteiger partial charge < -0.3 is 14.4 Å². The smallest absolute Gasteiger partial charge is 0.128 e. The Labute approximate surface area is 125 Å². The first-order chi connectivity index (χ1) is 9.58. The molecule has 0 saturated heterocycles. The van der Waals surface area contributed by atoms with Gasteiger partial charge in [-0.3, -0.25) is 0 Å². The molecule has 1 heterocycles. The van der Waals surface area contributed by atoms with E-state index < -0.39 is 6.10 Å². The van der Waals surface area contributed by atoms with Crippen LogP contribution >= 0.6 is 15.9 Å². The van der Waals surface area contributed by atoms with Gasteiger partial charge in [-0.05, 0) is 12.1 Å². The van der Waals surface area contributed by atoms with Crippen LogP contribution in [0.1, 0.15) is 12.7 Å². The number of halogens is 2. The van der Waals surface area contributed by atoms with Crippen LogP contribution in [0.4, 0.5) is 4.39 Å². The van der Waals surface area contributed by atoms with Gasteiger partial charge in [-0.25, -0.2) is 9.37 Å². The lowest BCUT2D eigenvalue weighted by molar-refractivity contribution is 0.0916. The molecule has 108 valence electrons. The second-order valence-corrected chi connectivity index (χ2v) is 5.34. The molecule has 0 fully saturated rings. The van der Waals surface area contributed by atoms with E-state index in [1.165, 1.54) is 12.1 Å². The molecular weight excluding hydrogens is 327 g/mol. The van der Waals surface area contributed by atoms with Crippen LogP contribution in [-0.2, 0) is 13.0 Å². The van der Waals surface area contributed by atoms with E-state index in [1.807, 2.05) is 17.7 Å². The van der Waals surface area contributed by atoms with Crippen LogP contribution in [0, 0.1) is 5.82 Å². The van der Waals surface area contributed by atoms with Crippen molar-refractivity contribution >= 4 is 15.9 Å². The summed E-state index contributed by atoms with van der Waals surface area (Å²) in [5.74, 6) is 0.918. The quantitative estimate of drug-likeness (QED) is 0.877. The first-order valence-electron chi connectivity index (χ1n) is 6.35. The summed E-state index contributed by atoms with van der Waals surface area (Å²) in [5, 5.41) is 9.96. The Kier molecular flexibility index (Phi) is 5.14. The first-order valence-corrected chi connectivity index (χ1v) is 7.14. The third-order valence-corrected chi connectivity index (χ3v) is 3.26. The van der Waals surface area contributed by atoms with Crippen molar-refractivity contribution in [3.8, 4) is 5.75 Å². The number of rotatable bonds is 6. The number of aromatic nitrogens is 2. The van der Waals surface area contributed by atoms with E-state index in [9.17, 15) is 9.50 Å². The zero-order chi connectivity index (χ0) is 14.5. The molecule has 1 N–H and O–H groups in total. The number of hydrogen-bond donors (Lipinski definition) is 1. The molecule has 0 saturated carbocycles. The van der Waals surface area contributed by atoms with E-state index in [1.54, 1.807) is 12.3 Å². The number of aryl methyl sites for hydroxylation is 1. The van der Waals surface area contributed by atoms with Gasteiger partial charge in [0, 0.05) is 29.4 Å². The van der Waals surface area contributed by atoms with Crippen LogP contribution in [0.2, 0.25) is 0 Å². The largest absolute Gasteiger partial charge is 0.491 e. The second-order valence-electron chi connectivity index (χ2n) is 4.42. The highest BCUT2D eigenvalue weighted by molar-refractivity contribution is 9.10. The lowest BCUT2D eigenvalue weighted by Gasteiger charge is -2.14. The number of nitrogens with zero attached hydrogens (tertiary/aromatic N) is 2. The van der Waals surface area contributed by atoms with Crippen LogP contribution in [0.3, 0.4) is 0 Å². The van der Waals surface area contributed by atoms with E-state index in [0.29, 0.717) is 16.8 Å². The number of aliphatic hydroxyl groups is 1. The molecule has 0 aliphatic carbocycles. The van der Waals surface area contributed by atoms with Crippen LogP contribution in [0.25, 0.3) is 0 Å². The van der Waals surface area contributed by atoms with Crippen molar-refractivity contribution in [1.29, 1.82) is 0 Å². The van der Waals surface area contributed by atoms with Gasteiger partial charge in [0.15, 0.2) is 0 Å². The topological polar surface area (TPSA) is 47.3 Å². The third kappa shape index (κ3) is 4.05. The van der Waals surface area contributed by atoms with E-state index in [4.69, 9.17) is 4.74 Å². The predicted molar refractivity (Wildman–Crippen MR) is 77.2 cm³/mol. The molecule has 4 nitrogen and oxygen atoms in total. The molecule has 0 spiro atoms. The second kappa shape index (κ2) is 6.85. The van der Waals surface area contributed by atoms with Gasteiger partial charge in [-0.2, -0.15) is 0 Å². The van der Waals surface area contributed by atoms with Gasteiger partial charge in [0.05, 0.1) is 6.54 Å². The van der Waals surface area contributed by atoms with Gasteiger partial charge in [-0.15, -0.1) is 0 Å². The highest BCUT2D eigenvalue weighted by atomic mass is 79.9. The van der Waals surface area contributed by atoms with Gasteiger partial charge in [0.1, 0.15) is 30.1 Å². The highest BCUT2D eigenvalue weighted by Gasteiger charge is 2.09. The summed E-state index contributed by atoms with van der Waals surface area (Å²) >= 11 is 3.19. The number of ether oxygens (including phenoxy) is 1. The van der Waals surface area contributed by atoms with E-state index in [2.05, 4.69) is 20.9 Å². The number of aliphatic hydroxyl groups excluding tert-OH is 1. The summed E-state index contributed by atoms with van der Waals surface area (Å²) < 4.78 is 21.1. The number of benzene rings is 1. The summed E-state index contributed by atoms with van der Waals surface area (Å²) in [6, 6.07) is 4.29. The Morgan fingerprint density at radius 2 is 2.25 bits per heavy atom. The average molecular weight is 343 g/mol. The van der Waals surface area contributed by atoms with Gasteiger partial charge in [0.25, 0.3) is 0 Å². The molecule has 1 aromatic carbocycles. The molecule has 20 heavy (non-hydrogen) atoms. The zero-order valence-electron chi connectivity index (χ0n) is 11.1. The Bertz CT molecular complexity index is 554. The molecule has 1 aromatic heterocycles. The zero-order valence-corrected chi connectivity index (χ0v) is 12.7. The SMILES string of the molecule is CCc1nccn1C[C@H](O)COc1cc(F)cc(Br)c1. The lowest BCUT2D eigenvalue weighted by Crippen LogP contribution is -2.24. The minimum atomic E-state index is -0.684. The van der Waals surface area contributed by atoms with Crippen molar-refractivity contribution in [2.24, 2.45) is 0 Å². The van der Waals surface area contributed by atoms with Crippen LogP contribution in [-0.4, -0.2) is 27.4 Å². The molecule has 1 atom stereocenters. The van der Waals surface area contributed by atoms with Gasteiger partial charge >= 0.3 is 0 Å². The van der Waals surface area contributed by atoms with Crippen molar-refractivity contribution in [3.05, 3.63) is 46.7 Å². The van der Waals surface area contributed by atoms with Crippen molar-refractivity contribution in [1.82, 2.24) is 9.55 Å². The Hall–Kier alpha value is -1.40. The molecule has 0 radical (unpaired) electrons. The molecule has 0 aliphatic heterocycles. The highest BCUT2D eigenvalue weighted by Crippen LogP contribution is 2.20. The monoisotopic (exact) mass is 342 g/mol. The van der Waals surface area contributed by atoms with E-state index in [0.717, 1.165) is 12.2 Å². The third-order valence-electron chi connectivity index (χ3n) is 2.80. The van der Waals surface area contributed by atoms with Gasteiger partial charge in [-0.1, -0.05) is 22.9 Å². The fraction of sp³-hybridized carbons (Fsp3) is 0.357. The fourth-order valence-electron chi connectivity index (χ4n) is 1.90. The Balaban J connectivity index is 1.90. The maximum Gasteiger partial charge on any atom is 0.128 e. The molecule has 0 aliphatic rings. The summed E-state index contributed by atoms with van der Waals surface area (Å²) in [7, 11) is 0. The van der Waals surface area contributed by atoms with Crippen LogP contribution < -0.4 is 4.74 Å². The van der Waals surface area contributed by atoms with Crippen LogP contribution in [0.15, 0.2) is 35.1 Å². The summed E-state index contributed by atoms with van der Waals surface area (Å²) in [5.41, 5.74) is 0. The van der Waals surface area contributed by atoms with E-state index >= 15 is 0 Å². The minimum Gasteiger partial charge on any atom is -0.491 e. The fourth-order valence-corrected chi connectivity index (χ4v) is 2.35. The number of hydrogen-bond acceptors (Lipinski definition) is 3. The lowest BCUT2D eigenvalue weighted by atomic mass is 10.3. The van der Waals surface area contributed by atoms with Crippen molar-refractivity contribution in [2.45, 2.75) is 26.0 Å². The van der Waals surface area contributed by atoms with Gasteiger partial charge in [0.2, 0.25) is 0 Å². The Morgan fingerprint density at radius 1 is 1.45 bits per heavy atom. The van der Waals surface area contributed by atoms with Crippen LogP contribution in [0.5, 0.6) is 5.75 Å². The van der Waals surface area contributed by atoms with Crippen molar-refractivity contribution in [3.63, 3.8) is 0 Å². The average Bonchev–Trinajstić information content (AvgIpc) is 2.82. The first kappa shape index (κ1) is 15.0. The molecule has 2 rings (SSSR count). The number of imidazole rings is 1. The molecule has 6 heteroatoms. The standard InChI is InChI=1S/C14H16BrFN2O2/c1-2-14-17-3-4-18(14)8-12(19)9-20-13-6-10(15)5-11(16)7-13/h3-7,12,19H,2,8-9H2,1H3/t12-/m0/s1. The maximum atomic E-state index is 13.2. The summed E-state index contributed by atoms with van der Waals surface area (Å²) in [6.07, 6.45) is 3.64. The molecule has 0 amide bonds. The molecule has 0 bridgehead atoms. The molecule has 2 aromatic rings. The van der Waals surface area contributed by atoms with Crippen molar-refractivity contribution < 1.29 is 14.2 Å². The van der Waals surface area contributed by atoms with E-state index in [-0.39, 0.29) is 12.4 Å². The molecular formula is C14H16BrFN2O2. The van der Waals surface area contributed by atoms with Crippen molar-refractivity contribution in [2.75, 3.05) is 6.61 Å².